The number of amides is 1. The molecule has 4 N–H and O–H groups in total. The number of nitrogens with zero attached hydrogens (tertiary/aromatic N) is 2. The van der Waals surface area contributed by atoms with Crippen LogP contribution in [0.3, 0.4) is 0 Å². The average Bonchev–Trinajstić information content (AvgIpc) is 3.40. The van der Waals surface area contributed by atoms with Crippen LogP contribution in [0, 0.1) is 0 Å². The molecule has 2 aromatic carbocycles. The van der Waals surface area contributed by atoms with E-state index >= 15 is 0 Å². The Labute approximate surface area is 231 Å². The second-order valence-electron chi connectivity index (χ2n) is 9.02. The lowest BCUT2D eigenvalue weighted by Gasteiger charge is -2.36. The third-order valence-electron chi connectivity index (χ3n) is 6.42. The van der Waals surface area contributed by atoms with Crippen LogP contribution in [0.1, 0.15) is 23.2 Å². The number of aromatic nitrogens is 1. The standard InChI is InChI=1S/C26H33FN4O3.C2H2O4/c1-33-20-8-9-23-21(18-20)22(19-29-23)26(32)28-11-4-5-12-30-13-15-31(16-14-30)24-6-2-3-7-25(24)34-17-10-27;3-1(4)2(5)6/h2-3,6-9,18-19,29H,4-5,10-17H2,1H3,(H,28,32);(H,3,4)(H,5,6). The Bertz CT molecular complexity index is 1260. The normalized spacial score (nSPS) is 13.3. The van der Waals surface area contributed by atoms with Gasteiger partial charge in [-0.15, -0.1) is 0 Å². The van der Waals surface area contributed by atoms with E-state index in [1.54, 1.807) is 13.3 Å². The van der Waals surface area contributed by atoms with Crippen LogP contribution in [0.25, 0.3) is 10.9 Å². The van der Waals surface area contributed by atoms with Gasteiger partial charge in [-0.3, -0.25) is 9.69 Å². The minimum atomic E-state index is -1.82. The smallest absolute Gasteiger partial charge is 0.414 e. The largest absolute Gasteiger partial charge is 0.497 e. The number of para-hydroxylation sites is 2. The van der Waals surface area contributed by atoms with E-state index < -0.39 is 18.6 Å². The number of hydrogen-bond acceptors (Lipinski definition) is 7. The van der Waals surface area contributed by atoms with Crippen LogP contribution in [0.4, 0.5) is 10.1 Å². The van der Waals surface area contributed by atoms with Crippen molar-refractivity contribution < 1.29 is 38.5 Å². The summed E-state index contributed by atoms with van der Waals surface area (Å²) in [7, 11) is 1.62. The summed E-state index contributed by atoms with van der Waals surface area (Å²) >= 11 is 0. The first-order valence-corrected chi connectivity index (χ1v) is 13.0. The zero-order valence-corrected chi connectivity index (χ0v) is 22.4. The second kappa shape index (κ2) is 15.3. The fraction of sp³-hybridized carbons (Fsp3) is 0.393. The number of unbranched alkanes of at least 4 members (excludes halogenated alkanes) is 1. The van der Waals surface area contributed by atoms with Gasteiger partial charge in [-0.2, -0.15) is 0 Å². The molecular formula is C28H35FN4O7. The molecule has 1 fully saturated rings. The molecule has 1 amide bonds. The third-order valence-corrected chi connectivity index (χ3v) is 6.42. The maximum Gasteiger partial charge on any atom is 0.414 e. The van der Waals surface area contributed by atoms with Gasteiger partial charge in [0, 0.05) is 49.8 Å². The van der Waals surface area contributed by atoms with Crippen molar-refractivity contribution >= 4 is 34.4 Å². The Morgan fingerprint density at radius 3 is 2.42 bits per heavy atom. The average molecular weight is 559 g/mol. The summed E-state index contributed by atoms with van der Waals surface area (Å²) in [5.41, 5.74) is 2.59. The number of anilines is 1. The predicted molar refractivity (Wildman–Crippen MR) is 148 cm³/mol. The number of aliphatic carboxylic acids is 2. The van der Waals surface area contributed by atoms with Crippen LogP contribution in [0.2, 0.25) is 0 Å². The molecule has 1 saturated heterocycles. The highest BCUT2D eigenvalue weighted by atomic mass is 19.1. The fourth-order valence-electron chi connectivity index (χ4n) is 4.37. The van der Waals surface area contributed by atoms with Gasteiger partial charge in [0.1, 0.15) is 24.8 Å². The van der Waals surface area contributed by atoms with Gasteiger partial charge < -0.3 is 34.9 Å². The van der Waals surface area contributed by atoms with Crippen molar-refractivity contribution in [3.63, 3.8) is 0 Å². The number of carbonyl (C=O) groups excluding carboxylic acids is 1. The summed E-state index contributed by atoms with van der Waals surface area (Å²) in [6.07, 6.45) is 3.70. The van der Waals surface area contributed by atoms with E-state index in [0.29, 0.717) is 12.1 Å². The van der Waals surface area contributed by atoms with Gasteiger partial charge in [-0.05, 0) is 49.7 Å². The summed E-state index contributed by atoms with van der Waals surface area (Å²) in [5, 5.41) is 18.7. The van der Waals surface area contributed by atoms with Crippen molar-refractivity contribution in [3.05, 3.63) is 54.2 Å². The number of methoxy groups -OCH3 is 1. The number of benzene rings is 2. The molecule has 40 heavy (non-hydrogen) atoms. The third kappa shape index (κ3) is 8.60. The lowest BCUT2D eigenvalue weighted by atomic mass is 10.1. The molecular weight excluding hydrogens is 523 g/mol. The Hall–Kier alpha value is -4.32. The number of piperazine rings is 1. The number of nitrogens with one attached hydrogen (secondary N) is 2. The predicted octanol–water partition coefficient (Wildman–Crippen LogP) is 3.01. The summed E-state index contributed by atoms with van der Waals surface area (Å²) in [6, 6.07) is 13.5. The first-order chi connectivity index (χ1) is 19.3. The Morgan fingerprint density at radius 1 is 1.02 bits per heavy atom. The maximum atomic E-state index is 12.6. The van der Waals surface area contributed by atoms with E-state index in [1.165, 1.54) is 0 Å². The first-order valence-electron chi connectivity index (χ1n) is 13.0. The van der Waals surface area contributed by atoms with Crippen molar-refractivity contribution in [1.29, 1.82) is 0 Å². The number of alkyl halides is 1. The van der Waals surface area contributed by atoms with Crippen LogP contribution in [0.5, 0.6) is 11.5 Å². The van der Waals surface area contributed by atoms with Gasteiger partial charge in [0.2, 0.25) is 0 Å². The molecule has 216 valence electrons. The van der Waals surface area contributed by atoms with Crippen LogP contribution < -0.4 is 19.7 Å². The molecule has 2 heterocycles. The molecule has 0 saturated carbocycles. The molecule has 1 aliphatic rings. The van der Waals surface area contributed by atoms with Crippen LogP contribution >= 0.6 is 0 Å². The van der Waals surface area contributed by atoms with Crippen LogP contribution in [-0.2, 0) is 9.59 Å². The minimum absolute atomic E-state index is 0.0678. The van der Waals surface area contributed by atoms with Crippen LogP contribution in [0.15, 0.2) is 48.7 Å². The summed E-state index contributed by atoms with van der Waals surface area (Å²) in [6.45, 7) is 5.03. The number of rotatable bonds is 11. The fourth-order valence-corrected chi connectivity index (χ4v) is 4.37. The number of aromatic amines is 1. The lowest BCUT2D eigenvalue weighted by Crippen LogP contribution is -2.46. The zero-order chi connectivity index (χ0) is 28.9. The van der Waals surface area contributed by atoms with Gasteiger partial charge >= 0.3 is 11.9 Å². The van der Waals surface area contributed by atoms with Gasteiger partial charge in [-0.25, -0.2) is 14.0 Å². The van der Waals surface area contributed by atoms with Crippen LogP contribution in [-0.4, -0.2) is 97.6 Å². The molecule has 0 aliphatic carbocycles. The van der Waals surface area contributed by atoms with Crippen molar-refractivity contribution in [3.8, 4) is 11.5 Å². The molecule has 0 atom stereocenters. The molecule has 0 unspecified atom stereocenters. The number of H-pyrrole nitrogens is 1. The molecule has 0 radical (unpaired) electrons. The molecule has 1 aromatic heterocycles. The Balaban J connectivity index is 0.000000663. The maximum absolute atomic E-state index is 12.6. The number of fused-ring (bicyclic) bond motifs is 1. The highest BCUT2D eigenvalue weighted by Gasteiger charge is 2.19. The summed E-state index contributed by atoms with van der Waals surface area (Å²) in [5.74, 6) is -2.23. The molecule has 12 heteroatoms. The highest BCUT2D eigenvalue weighted by molar-refractivity contribution is 6.27. The van der Waals surface area contributed by atoms with Crippen molar-refractivity contribution in [2.24, 2.45) is 0 Å². The van der Waals surface area contributed by atoms with E-state index in [-0.39, 0.29) is 12.5 Å². The SMILES string of the molecule is COc1ccc2[nH]cc(C(=O)NCCCCN3CCN(c4ccccc4OCCF)CC3)c2c1.O=C(O)C(=O)O. The topological polar surface area (TPSA) is 144 Å². The minimum Gasteiger partial charge on any atom is -0.497 e. The van der Waals surface area contributed by atoms with Gasteiger partial charge in [0.05, 0.1) is 18.4 Å². The van der Waals surface area contributed by atoms with E-state index in [2.05, 4.69) is 20.1 Å². The zero-order valence-electron chi connectivity index (χ0n) is 22.4. The summed E-state index contributed by atoms with van der Waals surface area (Å²) < 4.78 is 23.4. The molecule has 11 nitrogen and oxygen atoms in total. The second-order valence-corrected chi connectivity index (χ2v) is 9.02. The quantitative estimate of drug-likeness (QED) is 0.206. The molecule has 1 aliphatic heterocycles. The van der Waals surface area contributed by atoms with E-state index in [1.807, 2.05) is 42.5 Å². The lowest BCUT2D eigenvalue weighted by molar-refractivity contribution is -0.159. The number of carbonyl (C=O) groups is 3. The van der Waals surface area contributed by atoms with E-state index in [4.69, 9.17) is 29.3 Å². The molecule has 3 aromatic rings. The van der Waals surface area contributed by atoms with Crippen molar-refractivity contribution in [2.45, 2.75) is 12.8 Å². The molecule has 4 rings (SSSR count). The van der Waals surface area contributed by atoms with Gasteiger partial charge in [-0.1, -0.05) is 12.1 Å². The summed E-state index contributed by atoms with van der Waals surface area (Å²) in [4.78, 5) is 38.7. The number of halogens is 1. The first kappa shape index (κ1) is 30.2. The van der Waals surface area contributed by atoms with Crippen molar-refractivity contribution in [2.75, 3.05) is 64.6 Å². The van der Waals surface area contributed by atoms with Crippen molar-refractivity contribution in [1.82, 2.24) is 15.2 Å². The van der Waals surface area contributed by atoms with E-state index in [0.717, 1.165) is 73.7 Å². The number of ether oxygens (including phenoxy) is 2. The Morgan fingerprint density at radius 2 is 1.75 bits per heavy atom. The number of carboxylic acids is 2. The molecule has 0 bridgehead atoms. The number of hydrogen-bond donors (Lipinski definition) is 4. The van der Waals surface area contributed by atoms with Gasteiger partial charge in [0.25, 0.3) is 5.91 Å². The highest BCUT2D eigenvalue weighted by Crippen LogP contribution is 2.29. The van der Waals surface area contributed by atoms with E-state index in [9.17, 15) is 9.18 Å². The number of carboxylic acid groups (broad SMARTS) is 2. The molecule has 0 spiro atoms. The monoisotopic (exact) mass is 558 g/mol. The van der Waals surface area contributed by atoms with Gasteiger partial charge in [0.15, 0.2) is 0 Å². The Kier molecular flexibility index (Phi) is 11.6.